The van der Waals surface area contributed by atoms with Crippen LogP contribution in [-0.2, 0) is 13.1 Å². The van der Waals surface area contributed by atoms with Gasteiger partial charge in [0.15, 0.2) is 0 Å². The van der Waals surface area contributed by atoms with Crippen LogP contribution in [0.3, 0.4) is 0 Å². The highest BCUT2D eigenvalue weighted by molar-refractivity contribution is 9.10. The van der Waals surface area contributed by atoms with Gasteiger partial charge >= 0.3 is 0 Å². The molecule has 1 unspecified atom stereocenters. The molecule has 0 radical (unpaired) electrons. The van der Waals surface area contributed by atoms with E-state index in [2.05, 4.69) is 75.1 Å². The van der Waals surface area contributed by atoms with Gasteiger partial charge in [-0.15, -0.1) is 0 Å². The molecule has 2 nitrogen and oxygen atoms in total. The Balaban J connectivity index is 1.76. The highest BCUT2D eigenvalue weighted by atomic mass is 79.9. The van der Waals surface area contributed by atoms with Gasteiger partial charge in [-0.2, -0.15) is 0 Å². The Morgan fingerprint density at radius 1 is 1.10 bits per heavy atom. The van der Waals surface area contributed by atoms with Gasteiger partial charge in [-0.05, 0) is 35.7 Å². The van der Waals surface area contributed by atoms with E-state index in [0.29, 0.717) is 6.04 Å². The van der Waals surface area contributed by atoms with E-state index in [9.17, 15) is 0 Å². The molecule has 0 saturated heterocycles. The third-order valence-electron chi connectivity index (χ3n) is 3.85. The predicted octanol–water partition coefficient (Wildman–Crippen LogP) is 3.77. The van der Waals surface area contributed by atoms with Crippen LogP contribution in [0.4, 0.5) is 0 Å². The van der Waals surface area contributed by atoms with Crippen LogP contribution in [0.5, 0.6) is 0 Å². The highest BCUT2D eigenvalue weighted by Gasteiger charge is 2.17. The van der Waals surface area contributed by atoms with E-state index in [1.165, 1.54) is 21.2 Å². The summed E-state index contributed by atoms with van der Waals surface area (Å²) in [6, 6.07) is 17.6. The van der Waals surface area contributed by atoms with Gasteiger partial charge < -0.3 is 10.6 Å². The van der Waals surface area contributed by atoms with Crippen molar-refractivity contribution in [1.29, 1.82) is 0 Å². The number of halogens is 1. The molecule has 1 heterocycles. The molecule has 3 heteroatoms. The maximum absolute atomic E-state index is 3.70. The molecule has 0 aliphatic carbocycles. The number of fused-ring (bicyclic) bond motifs is 1. The molecule has 2 N–H and O–H groups in total. The van der Waals surface area contributed by atoms with Crippen LogP contribution in [0.2, 0.25) is 0 Å². The van der Waals surface area contributed by atoms with Crippen LogP contribution in [-0.4, -0.2) is 6.54 Å². The fourth-order valence-corrected chi connectivity index (χ4v) is 3.17. The first kappa shape index (κ1) is 13.8. The van der Waals surface area contributed by atoms with Crippen LogP contribution < -0.4 is 10.6 Å². The fourth-order valence-electron chi connectivity index (χ4n) is 2.75. The third kappa shape index (κ3) is 3.11. The van der Waals surface area contributed by atoms with Crippen molar-refractivity contribution < 1.29 is 0 Å². The second kappa shape index (κ2) is 6.53. The fraction of sp³-hybridized carbons (Fsp3) is 0.294. The molecule has 20 heavy (non-hydrogen) atoms. The van der Waals surface area contributed by atoms with Crippen LogP contribution in [0.15, 0.2) is 53.0 Å². The zero-order chi connectivity index (χ0) is 13.8. The minimum atomic E-state index is 0.424. The molecule has 2 aromatic carbocycles. The summed E-state index contributed by atoms with van der Waals surface area (Å²) in [4.78, 5) is 0. The van der Waals surface area contributed by atoms with Crippen molar-refractivity contribution in [2.24, 2.45) is 0 Å². The molecule has 0 spiro atoms. The summed E-state index contributed by atoms with van der Waals surface area (Å²) in [5.74, 6) is 0. The van der Waals surface area contributed by atoms with Crippen LogP contribution in [0, 0.1) is 0 Å². The topological polar surface area (TPSA) is 24.1 Å². The Labute approximate surface area is 128 Å². The third-order valence-corrected chi connectivity index (χ3v) is 4.63. The Morgan fingerprint density at radius 3 is 2.80 bits per heavy atom. The summed E-state index contributed by atoms with van der Waals surface area (Å²) in [6.45, 7) is 2.92. The maximum Gasteiger partial charge on any atom is 0.0338 e. The highest BCUT2D eigenvalue weighted by Crippen LogP contribution is 2.24. The zero-order valence-electron chi connectivity index (χ0n) is 11.4. The smallest absolute Gasteiger partial charge is 0.0338 e. The van der Waals surface area contributed by atoms with E-state index in [-0.39, 0.29) is 0 Å². The van der Waals surface area contributed by atoms with Gasteiger partial charge in [0.2, 0.25) is 0 Å². The number of hydrogen-bond donors (Lipinski definition) is 2. The van der Waals surface area contributed by atoms with Crippen molar-refractivity contribution in [3.63, 3.8) is 0 Å². The first-order valence-corrected chi connectivity index (χ1v) is 7.89. The molecule has 0 saturated carbocycles. The molecule has 0 aromatic heterocycles. The zero-order valence-corrected chi connectivity index (χ0v) is 13.0. The van der Waals surface area contributed by atoms with Gasteiger partial charge in [0.05, 0.1) is 0 Å². The molecule has 0 bridgehead atoms. The first-order valence-electron chi connectivity index (χ1n) is 7.10. The van der Waals surface area contributed by atoms with Crippen molar-refractivity contribution in [3.8, 4) is 0 Å². The second-order valence-corrected chi connectivity index (χ2v) is 6.04. The number of rotatable bonds is 3. The van der Waals surface area contributed by atoms with E-state index >= 15 is 0 Å². The largest absolute Gasteiger partial charge is 0.313 e. The average Bonchev–Trinajstić information content (AvgIpc) is 2.69. The normalized spacial score (nSPS) is 18.4. The monoisotopic (exact) mass is 330 g/mol. The Kier molecular flexibility index (Phi) is 4.51. The molecule has 3 rings (SSSR count). The van der Waals surface area contributed by atoms with Crippen LogP contribution in [0.1, 0.15) is 29.2 Å². The summed E-state index contributed by atoms with van der Waals surface area (Å²) in [5.41, 5.74) is 4.15. The average molecular weight is 331 g/mol. The number of nitrogens with one attached hydrogen (secondary N) is 2. The van der Waals surface area contributed by atoms with Crippen molar-refractivity contribution in [2.45, 2.75) is 25.6 Å². The predicted molar refractivity (Wildman–Crippen MR) is 86.5 cm³/mol. The Bertz CT molecular complexity index is 583. The number of hydrogen-bond acceptors (Lipinski definition) is 2. The lowest BCUT2D eigenvalue weighted by Gasteiger charge is -2.19. The van der Waals surface area contributed by atoms with Gasteiger partial charge in [-0.25, -0.2) is 0 Å². The van der Waals surface area contributed by atoms with Crippen molar-refractivity contribution in [1.82, 2.24) is 10.6 Å². The molecule has 104 valence electrons. The molecular formula is C17H19BrN2. The Hall–Kier alpha value is -1.16. The van der Waals surface area contributed by atoms with E-state index in [0.717, 1.165) is 26.1 Å². The second-order valence-electron chi connectivity index (χ2n) is 5.19. The number of benzene rings is 2. The molecule has 1 atom stereocenters. The molecule has 1 aliphatic heterocycles. The molecular weight excluding hydrogens is 312 g/mol. The molecule has 1 aliphatic rings. The van der Waals surface area contributed by atoms with Gasteiger partial charge in [0, 0.05) is 23.6 Å². The summed E-state index contributed by atoms with van der Waals surface area (Å²) in [7, 11) is 0. The lowest BCUT2D eigenvalue weighted by molar-refractivity contribution is 0.495. The van der Waals surface area contributed by atoms with Crippen LogP contribution >= 0.6 is 15.9 Å². The quantitative estimate of drug-likeness (QED) is 0.895. The van der Waals surface area contributed by atoms with Gasteiger partial charge in [0.25, 0.3) is 0 Å². The van der Waals surface area contributed by atoms with E-state index in [1.54, 1.807) is 0 Å². The van der Waals surface area contributed by atoms with Crippen molar-refractivity contribution in [2.75, 3.05) is 6.54 Å². The van der Waals surface area contributed by atoms with Gasteiger partial charge in [-0.1, -0.05) is 58.4 Å². The lowest BCUT2D eigenvalue weighted by Crippen LogP contribution is -2.22. The summed E-state index contributed by atoms with van der Waals surface area (Å²) < 4.78 is 1.17. The van der Waals surface area contributed by atoms with Crippen LogP contribution in [0.25, 0.3) is 0 Å². The molecule has 0 amide bonds. The van der Waals surface area contributed by atoms with Crippen molar-refractivity contribution >= 4 is 15.9 Å². The molecule has 2 aromatic rings. The Morgan fingerprint density at radius 2 is 1.90 bits per heavy atom. The van der Waals surface area contributed by atoms with E-state index in [4.69, 9.17) is 0 Å². The molecule has 0 fully saturated rings. The lowest BCUT2D eigenvalue weighted by atomic mass is 9.99. The minimum Gasteiger partial charge on any atom is -0.313 e. The summed E-state index contributed by atoms with van der Waals surface area (Å²) in [6.07, 6.45) is 1.13. The standard InChI is InChI=1S/C17H19BrN2/c18-16-8-4-2-6-14(16)12-20-17-9-10-19-11-13-5-1-3-7-15(13)17/h1-8,17,19-20H,9-12H2. The SMILES string of the molecule is Brc1ccccc1CNC1CCNCc2ccccc21. The first-order chi connectivity index (χ1) is 9.84. The summed E-state index contributed by atoms with van der Waals surface area (Å²) >= 11 is 3.62. The van der Waals surface area contributed by atoms with Gasteiger partial charge in [-0.3, -0.25) is 0 Å². The van der Waals surface area contributed by atoms with Gasteiger partial charge in [0.1, 0.15) is 0 Å². The maximum atomic E-state index is 3.70. The minimum absolute atomic E-state index is 0.424. The van der Waals surface area contributed by atoms with E-state index in [1.807, 2.05) is 0 Å². The summed E-state index contributed by atoms with van der Waals surface area (Å²) in [5, 5.41) is 7.20. The van der Waals surface area contributed by atoms with Crippen molar-refractivity contribution in [3.05, 3.63) is 69.7 Å². The van der Waals surface area contributed by atoms with E-state index < -0.39 is 0 Å².